The molecule has 0 aliphatic heterocycles. The Morgan fingerprint density at radius 3 is 2.21 bits per heavy atom. The lowest BCUT2D eigenvalue weighted by Crippen LogP contribution is -2.22. The first kappa shape index (κ1) is 14.6. The van der Waals surface area contributed by atoms with E-state index in [1.54, 1.807) is 0 Å². The molecule has 0 saturated carbocycles. The molecule has 0 aliphatic rings. The van der Waals surface area contributed by atoms with Crippen LogP contribution in [0.2, 0.25) is 5.02 Å². The van der Waals surface area contributed by atoms with Crippen molar-refractivity contribution < 1.29 is 0 Å². The average Bonchev–Trinajstić information content (AvgIpc) is 2.39. The molecular weight excluding hydrogens is 322 g/mol. The largest absolute Gasteiger partial charge is 0.304 e. The van der Waals surface area contributed by atoms with E-state index in [-0.39, 0.29) is 6.04 Å². The summed E-state index contributed by atoms with van der Waals surface area (Å²) in [5.41, 5.74) is 2.48. The summed E-state index contributed by atoms with van der Waals surface area (Å²) in [6.45, 7) is 4.32. The van der Waals surface area contributed by atoms with Crippen LogP contribution >= 0.6 is 27.5 Å². The number of rotatable bonds is 4. The second kappa shape index (κ2) is 6.56. The second-order valence-electron chi connectivity index (χ2n) is 4.72. The van der Waals surface area contributed by atoms with Crippen LogP contribution in [0, 0.1) is 0 Å². The van der Waals surface area contributed by atoms with Crippen molar-refractivity contribution in [3.05, 3.63) is 69.2 Å². The van der Waals surface area contributed by atoms with Crippen molar-refractivity contribution in [1.82, 2.24) is 5.32 Å². The number of hydrogen-bond donors (Lipinski definition) is 1. The molecule has 0 aliphatic carbocycles. The van der Waals surface area contributed by atoms with Gasteiger partial charge in [0, 0.05) is 21.6 Å². The Labute approximate surface area is 128 Å². The topological polar surface area (TPSA) is 12.0 Å². The van der Waals surface area contributed by atoms with Crippen molar-refractivity contribution in [3.63, 3.8) is 0 Å². The third-order valence-corrected chi connectivity index (χ3v) is 3.98. The molecule has 100 valence electrons. The van der Waals surface area contributed by atoms with Gasteiger partial charge in [-0.2, -0.15) is 0 Å². The molecule has 2 atom stereocenters. The minimum atomic E-state index is 0.261. The van der Waals surface area contributed by atoms with Gasteiger partial charge in [0.15, 0.2) is 0 Å². The van der Waals surface area contributed by atoms with E-state index >= 15 is 0 Å². The van der Waals surface area contributed by atoms with E-state index in [1.807, 2.05) is 18.2 Å². The van der Waals surface area contributed by atoms with Gasteiger partial charge in [-0.1, -0.05) is 51.8 Å². The van der Waals surface area contributed by atoms with E-state index in [2.05, 4.69) is 65.4 Å². The van der Waals surface area contributed by atoms with Crippen LogP contribution in [0.15, 0.2) is 53.0 Å². The Balaban J connectivity index is 2.06. The zero-order chi connectivity index (χ0) is 13.8. The standard InChI is InChI=1S/C16H17BrClN/c1-11(13-6-8-15(17)9-7-13)19-12(2)14-4-3-5-16(18)10-14/h3-12,19H,1-2H3/t11?,12-/m0/s1. The number of hydrogen-bond acceptors (Lipinski definition) is 1. The number of nitrogens with one attached hydrogen (secondary N) is 1. The van der Waals surface area contributed by atoms with E-state index in [0.29, 0.717) is 6.04 Å². The van der Waals surface area contributed by atoms with Gasteiger partial charge in [0.05, 0.1) is 0 Å². The Hall–Kier alpha value is -0.830. The molecule has 0 radical (unpaired) electrons. The highest BCUT2D eigenvalue weighted by Crippen LogP contribution is 2.22. The first-order valence-electron chi connectivity index (χ1n) is 6.33. The quantitative estimate of drug-likeness (QED) is 0.774. The van der Waals surface area contributed by atoms with E-state index in [1.165, 1.54) is 11.1 Å². The van der Waals surface area contributed by atoms with Gasteiger partial charge in [0.25, 0.3) is 0 Å². The highest BCUT2D eigenvalue weighted by molar-refractivity contribution is 9.10. The Morgan fingerprint density at radius 1 is 0.947 bits per heavy atom. The maximum absolute atomic E-state index is 6.03. The van der Waals surface area contributed by atoms with Gasteiger partial charge in [-0.3, -0.25) is 0 Å². The summed E-state index contributed by atoms with van der Waals surface area (Å²) in [5.74, 6) is 0. The van der Waals surface area contributed by atoms with Gasteiger partial charge in [-0.05, 0) is 49.2 Å². The van der Waals surface area contributed by atoms with E-state index in [0.717, 1.165) is 9.50 Å². The fourth-order valence-corrected chi connectivity index (χ4v) is 2.56. The molecule has 19 heavy (non-hydrogen) atoms. The lowest BCUT2D eigenvalue weighted by Gasteiger charge is -2.21. The molecule has 2 rings (SSSR count). The summed E-state index contributed by atoms with van der Waals surface area (Å²) in [7, 11) is 0. The van der Waals surface area contributed by atoms with Crippen LogP contribution in [-0.4, -0.2) is 0 Å². The minimum Gasteiger partial charge on any atom is -0.304 e. The molecule has 0 amide bonds. The van der Waals surface area contributed by atoms with Crippen molar-refractivity contribution >= 4 is 27.5 Å². The molecule has 1 unspecified atom stereocenters. The molecule has 0 aromatic heterocycles. The summed E-state index contributed by atoms with van der Waals surface area (Å²) >= 11 is 9.48. The molecule has 2 aromatic carbocycles. The second-order valence-corrected chi connectivity index (χ2v) is 6.07. The lowest BCUT2D eigenvalue weighted by molar-refractivity contribution is 0.494. The molecule has 1 nitrogen and oxygen atoms in total. The zero-order valence-corrected chi connectivity index (χ0v) is 13.4. The van der Waals surface area contributed by atoms with E-state index in [9.17, 15) is 0 Å². The zero-order valence-electron chi connectivity index (χ0n) is 11.0. The molecule has 0 heterocycles. The molecule has 1 N–H and O–H groups in total. The molecule has 2 aromatic rings. The van der Waals surface area contributed by atoms with Crippen LogP contribution in [0.25, 0.3) is 0 Å². The van der Waals surface area contributed by atoms with Gasteiger partial charge in [-0.15, -0.1) is 0 Å². The monoisotopic (exact) mass is 337 g/mol. The average molecular weight is 339 g/mol. The van der Waals surface area contributed by atoms with Gasteiger partial charge in [-0.25, -0.2) is 0 Å². The summed E-state index contributed by atoms with van der Waals surface area (Å²) < 4.78 is 1.10. The highest BCUT2D eigenvalue weighted by Gasteiger charge is 2.11. The minimum absolute atomic E-state index is 0.261. The lowest BCUT2D eigenvalue weighted by atomic mass is 10.0. The van der Waals surface area contributed by atoms with Crippen LogP contribution in [0.5, 0.6) is 0 Å². The first-order valence-corrected chi connectivity index (χ1v) is 7.50. The maximum atomic E-state index is 6.03. The normalized spacial score (nSPS) is 14.1. The Morgan fingerprint density at radius 2 is 1.58 bits per heavy atom. The summed E-state index contributed by atoms with van der Waals surface area (Å²) in [5, 5.41) is 4.37. The van der Waals surface area contributed by atoms with Crippen LogP contribution < -0.4 is 5.32 Å². The van der Waals surface area contributed by atoms with Gasteiger partial charge >= 0.3 is 0 Å². The molecule has 3 heteroatoms. The Kier molecular flexibility index (Phi) is 5.03. The van der Waals surface area contributed by atoms with Crippen LogP contribution in [0.1, 0.15) is 37.1 Å². The van der Waals surface area contributed by atoms with Gasteiger partial charge in [0.2, 0.25) is 0 Å². The molecule has 0 bridgehead atoms. The third kappa shape index (κ3) is 4.07. The molecule has 0 fully saturated rings. The summed E-state index contributed by atoms with van der Waals surface area (Å²) in [6, 6.07) is 16.9. The molecular formula is C16H17BrClN. The third-order valence-electron chi connectivity index (χ3n) is 3.22. The summed E-state index contributed by atoms with van der Waals surface area (Å²) in [6.07, 6.45) is 0. The smallest absolute Gasteiger partial charge is 0.0409 e. The molecule has 0 spiro atoms. The van der Waals surface area contributed by atoms with E-state index in [4.69, 9.17) is 11.6 Å². The van der Waals surface area contributed by atoms with Crippen molar-refractivity contribution in [3.8, 4) is 0 Å². The van der Waals surface area contributed by atoms with Crippen molar-refractivity contribution in [2.24, 2.45) is 0 Å². The SMILES string of the molecule is CC(N[C@@H](C)c1cccc(Cl)c1)c1ccc(Br)cc1. The fraction of sp³-hybridized carbons (Fsp3) is 0.250. The van der Waals surface area contributed by atoms with Crippen molar-refractivity contribution in [2.45, 2.75) is 25.9 Å². The van der Waals surface area contributed by atoms with Gasteiger partial charge < -0.3 is 5.32 Å². The summed E-state index contributed by atoms with van der Waals surface area (Å²) in [4.78, 5) is 0. The van der Waals surface area contributed by atoms with Crippen molar-refractivity contribution in [1.29, 1.82) is 0 Å². The van der Waals surface area contributed by atoms with Crippen molar-refractivity contribution in [2.75, 3.05) is 0 Å². The van der Waals surface area contributed by atoms with Gasteiger partial charge in [0.1, 0.15) is 0 Å². The van der Waals surface area contributed by atoms with Crippen LogP contribution in [0.3, 0.4) is 0 Å². The van der Waals surface area contributed by atoms with Crippen LogP contribution in [-0.2, 0) is 0 Å². The molecule has 0 saturated heterocycles. The fourth-order valence-electron chi connectivity index (χ4n) is 2.09. The predicted octanol–water partition coefficient (Wildman–Crippen LogP) is 5.51. The van der Waals surface area contributed by atoms with Crippen LogP contribution in [0.4, 0.5) is 0 Å². The predicted molar refractivity (Wildman–Crippen MR) is 85.6 cm³/mol. The number of halogens is 2. The number of benzene rings is 2. The highest BCUT2D eigenvalue weighted by atomic mass is 79.9. The Bertz CT molecular complexity index is 539. The first-order chi connectivity index (χ1) is 9.06. The van der Waals surface area contributed by atoms with E-state index < -0.39 is 0 Å². The maximum Gasteiger partial charge on any atom is 0.0409 e.